The molecule has 0 atom stereocenters. The normalized spacial score (nSPS) is 10.9. The molecule has 1 aromatic carbocycles. The van der Waals surface area contributed by atoms with Gasteiger partial charge in [-0.15, -0.1) is 0 Å². The minimum Gasteiger partial charge on any atom is -0.497 e. The largest absolute Gasteiger partial charge is 0.497 e. The molecule has 2 rings (SSSR count). The predicted molar refractivity (Wildman–Crippen MR) is 81.6 cm³/mol. The molecule has 2 aromatic rings. The molecule has 0 aliphatic rings. The van der Waals surface area contributed by atoms with Gasteiger partial charge in [0.1, 0.15) is 17.2 Å². The Labute approximate surface area is 125 Å². The molecule has 0 unspecified atom stereocenters. The number of methoxy groups -OCH3 is 2. The third kappa shape index (κ3) is 3.76. The zero-order valence-electron chi connectivity index (χ0n) is 13.0. The van der Waals surface area contributed by atoms with Gasteiger partial charge in [-0.1, -0.05) is 13.8 Å². The number of aromatic nitrogens is 1. The van der Waals surface area contributed by atoms with E-state index < -0.39 is 0 Å². The van der Waals surface area contributed by atoms with Gasteiger partial charge in [0.15, 0.2) is 12.2 Å². The van der Waals surface area contributed by atoms with Crippen LogP contribution in [0.15, 0.2) is 29.0 Å². The number of hydrogen-bond donors (Lipinski definition) is 1. The molecule has 0 aliphatic heterocycles. The third-order valence-electron chi connectivity index (χ3n) is 3.14. The summed E-state index contributed by atoms with van der Waals surface area (Å²) >= 11 is 0. The summed E-state index contributed by atoms with van der Waals surface area (Å²) in [5.41, 5.74) is 1.71. The molecule has 0 radical (unpaired) electrons. The molecule has 1 N–H and O–H groups in total. The minimum absolute atomic E-state index is 0.590. The first kappa shape index (κ1) is 15.4. The Hall–Kier alpha value is -2.01. The van der Waals surface area contributed by atoms with Crippen molar-refractivity contribution in [2.45, 2.75) is 20.4 Å². The lowest BCUT2D eigenvalue weighted by Gasteiger charge is -2.10. The Balaban J connectivity index is 2.27. The highest BCUT2D eigenvalue weighted by molar-refractivity contribution is 5.69. The van der Waals surface area contributed by atoms with E-state index in [1.165, 1.54) is 6.39 Å². The van der Waals surface area contributed by atoms with Crippen molar-refractivity contribution >= 4 is 0 Å². The smallest absolute Gasteiger partial charge is 0.181 e. The van der Waals surface area contributed by atoms with Crippen LogP contribution in [-0.4, -0.2) is 25.7 Å². The fourth-order valence-electron chi connectivity index (χ4n) is 2.08. The van der Waals surface area contributed by atoms with Crippen LogP contribution in [0.25, 0.3) is 11.3 Å². The highest BCUT2D eigenvalue weighted by Crippen LogP contribution is 2.35. The molecule has 1 aromatic heterocycles. The monoisotopic (exact) mass is 290 g/mol. The van der Waals surface area contributed by atoms with E-state index in [1.807, 2.05) is 18.2 Å². The Morgan fingerprint density at radius 3 is 2.71 bits per heavy atom. The molecular weight excluding hydrogens is 268 g/mol. The first-order chi connectivity index (χ1) is 10.2. The minimum atomic E-state index is 0.590. The summed E-state index contributed by atoms with van der Waals surface area (Å²) in [7, 11) is 3.27. The van der Waals surface area contributed by atoms with E-state index >= 15 is 0 Å². The highest BCUT2D eigenvalue weighted by atomic mass is 16.5. The first-order valence-electron chi connectivity index (χ1n) is 7.01. The van der Waals surface area contributed by atoms with Crippen LogP contribution in [0.1, 0.15) is 19.5 Å². The SMILES string of the molecule is COc1ccc(OC)c(-c2ocnc2CNCC(C)C)c1. The highest BCUT2D eigenvalue weighted by Gasteiger charge is 2.16. The van der Waals surface area contributed by atoms with Gasteiger partial charge < -0.3 is 19.2 Å². The summed E-state index contributed by atoms with van der Waals surface area (Å²) in [6, 6.07) is 5.61. The Kier molecular flexibility index (Phi) is 5.22. The van der Waals surface area contributed by atoms with Crippen LogP contribution in [0.3, 0.4) is 0 Å². The molecule has 0 fully saturated rings. The van der Waals surface area contributed by atoms with Gasteiger partial charge >= 0.3 is 0 Å². The maximum Gasteiger partial charge on any atom is 0.181 e. The van der Waals surface area contributed by atoms with Crippen molar-refractivity contribution in [1.82, 2.24) is 10.3 Å². The zero-order valence-corrected chi connectivity index (χ0v) is 13.0. The lowest BCUT2D eigenvalue weighted by atomic mass is 10.1. The molecule has 21 heavy (non-hydrogen) atoms. The third-order valence-corrected chi connectivity index (χ3v) is 3.14. The average Bonchev–Trinajstić information content (AvgIpc) is 2.94. The van der Waals surface area contributed by atoms with Crippen molar-refractivity contribution in [2.24, 2.45) is 5.92 Å². The topological polar surface area (TPSA) is 56.5 Å². The standard InChI is InChI=1S/C16H22N2O3/c1-11(2)8-17-9-14-16(21-10-18-14)13-7-12(19-3)5-6-15(13)20-4/h5-7,10-11,17H,8-9H2,1-4H3. The molecule has 0 saturated heterocycles. The van der Waals surface area contributed by atoms with Crippen LogP contribution in [0.4, 0.5) is 0 Å². The average molecular weight is 290 g/mol. The second-order valence-corrected chi connectivity index (χ2v) is 5.22. The van der Waals surface area contributed by atoms with E-state index in [9.17, 15) is 0 Å². The summed E-state index contributed by atoms with van der Waals surface area (Å²) in [6.07, 6.45) is 1.46. The molecule has 5 nitrogen and oxygen atoms in total. The molecule has 114 valence electrons. The maximum absolute atomic E-state index is 5.56. The Bertz CT molecular complexity index is 579. The second kappa shape index (κ2) is 7.13. The van der Waals surface area contributed by atoms with Crippen LogP contribution in [0, 0.1) is 5.92 Å². The van der Waals surface area contributed by atoms with Crippen LogP contribution in [0.5, 0.6) is 11.5 Å². The quantitative estimate of drug-likeness (QED) is 0.849. The van der Waals surface area contributed by atoms with Gasteiger partial charge in [-0.2, -0.15) is 0 Å². The summed E-state index contributed by atoms with van der Waals surface area (Å²) in [4.78, 5) is 4.29. The van der Waals surface area contributed by atoms with Gasteiger partial charge in [0, 0.05) is 6.54 Å². The molecule has 0 saturated carbocycles. The van der Waals surface area contributed by atoms with Crippen molar-refractivity contribution in [2.75, 3.05) is 20.8 Å². The molecular formula is C16H22N2O3. The number of benzene rings is 1. The van der Waals surface area contributed by atoms with Gasteiger partial charge in [0.2, 0.25) is 0 Å². The lowest BCUT2D eigenvalue weighted by molar-refractivity contribution is 0.403. The fraction of sp³-hybridized carbons (Fsp3) is 0.438. The summed E-state index contributed by atoms with van der Waals surface area (Å²) in [5, 5.41) is 3.37. The first-order valence-corrected chi connectivity index (χ1v) is 7.01. The van der Waals surface area contributed by atoms with Crippen molar-refractivity contribution in [1.29, 1.82) is 0 Å². The van der Waals surface area contributed by atoms with E-state index in [0.717, 1.165) is 29.3 Å². The number of oxazole rings is 1. The second-order valence-electron chi connectivity index (χ2n) is 5.22. The Morgan fingerprint density at radius 2 is 2.05 bits per heavy atom. The number of ether oxygens (including phenoxy) is 2. The molecule has 1 heterocycles. The predicted octanol–water partition coefficient (Wildman–Crippen LogP) is 3.10. The molecule has 5 heteroatoms. The van der Waals surface area contributed by atoms with Gasteiger partial charge in [0.25, 0.3) is 0 Å². The van der Waals surface area contributed by atoms with E-state index in [4.69, 9.17) is 13.9 Å². The number of hydrogen-bond acceptors (Lipinski definition) is 5. The van der Waals surface area contributed by atoms with Crippen molar-refractivity contribution < 1.29 is 13.9 Å². The van der Waals surface area contributed by atoms with Gasteiger partial charge in [-0.3, -0.25) is 0 Å². The number of nitrogens with one attached hydrogen (secondary N) is 1. The Morgan fingerprint density at radius 1 is 1.24 bits per heavy atom. The summed E-state index contributed by atoms with van der Waals surface area (Å²) in [6.45, 7) is 5.93. The van der Waals surface area contributed by atoms with Crippen LogP contribution >= 0.6 is 0 Å². The van der Waals surface area contributed by atoms with Crippen LogP contribution < -0.4 is 14.8 Å². The van der Waals surface area contributed by atoms with E-state index in [1.54, 1.807) is 14.2 Å². The molecule has 0 spiro atoms. The van der Waals surface area contributed by atoms with Crippen molar-refractivity contribution in [3.63, 3.8) is 0 Å². The van der Waals surface area contributed by atoms with Gasteiger partial charge in [-0.05, 0) is 30.7 Å². The summed E-state index contributed by atoms with van der Waals surface area (Å²) in [5.74, 6) is 2.79. The fourth-order valence-corrected chi connectivity index (χ4v) is 2.08. The van der Waals surface area contributed by atoms with Gasteiger partial charge in [-0.25, -0.2) is 4.98 Å². The zero-order chi connectivity index (χ0) is 15.2. The lowest BCUT2D eigenvalue weighted by Crippen LogP contribution is -2.19. The number of rotatable bonds is 7. The van der Waals surface area contributed by atoms with E-state index in [-0.39, 0.29) is 0 Å². The molecule has 0 aliphatic carbocycles. The van der Waals surface area contributed by atoms with Crippen molar-refractivity contribution in [3.05, 3.63) is 30.3 Å². The van der Waals surface area contributed by atoms with Gasteiger partial charge in [0.05, 0.1) is 19.8 Å². The van der Waals surface area contributed by atoms with Crippen molar-refractivity contribution in [3.8, 4) is 22.8 Å². The van der Waals surface area contributed by atoms with E-state index in [0.29, 0.717) is 18.2 Å². The van der Waals surface area contributed by atoms with E-state index in [2.05, 4.69) is 24.1 Å². The van der Waals surface area contributed by atoms with Crippen LogP contribution in [0.2, 0.25) is 0 Å². The van der Waals surface area contributed by atoms with Crippen LogP contribution in [-0.2, 0) is 6.54 Å². The molecule has 0 bridgehead atoms. The summed E-state index contributed by atoms with van der Waals surface area (Å²) < 4.78 is 16.2. The maximum atomic E-state index is 5.56. The number of nitrogens with zero attached hydrogens (tertiary/aromatic N) is 1. The molecule has 0 amide bonds.